The summed E-state index contributed by atoms with van der Waals surface area (Å²) < 4.78 is 8.36. The molecular formula is C25H39N5O4Si. The van der Waals surface area contributed by atoms with Gasteiger partial charge in [-0.15, -0.1) is 5.10 Å². The molecule has 2 aromatic rings. The Morgan fingerprint density at radius 2 is 1.94 bits per heavy atom. The molecule has 2 saturated heterocycles. The maximum Gasteiger partial charge on any atom is 0.240 e. The highest BCUT2D eigenvalue weighted by molar-refractivity contribution is 6.71. The number of carbonyl (C=O) groups excluding carboxylic acids is 1. The summed E-state index contributed by atoms with van der Waals surface area (Å²) in [6, 6.07) is 8.29. The number of rotatable bonds is 10. The van der Waals surface area contributed by atoms with Crippen molar-refractivity contribution in [2.24, 2.45) is 5.92 Å². The minimum Gasteiger partial charge on any atom is -0.432 e. The van der Waals surface area contributed by atoms with E-state index in [0.717, 1.165) is 37.2 Å². The van der Waals surface area contributed by atoms with Crippen LogP contribution < -0.4 is 10.2 Å². The Labute approximate surface area is 208 Å². The molecule has 3 heterocycles. The number of nitrogens with zero attached hydrogens (tertiary/aromatic N) is 4. The number of carbonyl (C=O) groups is 1. The van der Waals surface area contributed by atoms with E-state index >= 15 is 0 Å². The van der Waals surface area contributed by atoms with Crippen LogP contribution in [0.15, 0.2) is 30.5 Å². The Bertz CT molecular complexity index is 977. The molecule has 0 unspecified atom stereocenters. The zero-order valence-corrected chi connectivity index (χ0v) is 22.1. The van der Waals surface area contributed by atoms with Crippen LogP contribution in [0, 0.1) is 5.92 Å². The van der Waals surface area contributed by atoms with Crippen molar-refractivity contribution in [3.05, 3.63) is 41.7 Å². The van der Waals surface area contributed by atoms with Crippen LogP contribution in [0.3, 0.4) is 0 Å². The van der Waals surface area contributed by atoms with Gasteiger partial charge in [0.1, 0.15) is 0 Å². The van der Waals surface area contributed by atoms with Crippen molar-refractivity contribution in [2.45, 2.75) is 70.0 Å². The first kappa shape index (κ1) is 26.0. The van der Waals surface area contributed by atoms with E-state index in [9.17, 15) is 9.59 Å². The SMILES string of the molecule is C[C@H]1[C@H]([Si](C)(C)O)[C@@H](CCn2cc(CCO)nn2)O[C@H]1CCc1ccc(N2CCNCC2=O)cc1. The highest BCUT2D eigenvalue weighted by Gasteiger charge is 2.49. The van der Waals surface area contributed by atoms with Gasteiger partial charge in [-0.1, -0.05) is 24.3 Å². The topological polar surface area (TPSA) is 113 Å². The van der Waals surface area contributed by atoms with Crippen molar-refractivity contribution in [2.75, 3.05) is 31.1 Å². The second-order valence-electron chi connectivity index (χ2n) is 10.4. The van der Waals surface area contributed by atoms with Crippen LogP contribution in [0.5, 0.6) is 0 Å². The molecule has 0 spiro atoms. The lowest BCUT2D eigenvalue weighted by Gasteiger charge is -2.30. The van der Waals surface area contributed by atoms with Crippen molar-refractivity contribution in [3.8, 4) is 0 Å². The third kappa shape index (κ3) is 6.37. The fraction of sp³-hybridized carbons (Fsp3) is 0.640. The molecule has 3 N–H and O–H groups in total. The lowest BCUT2D eigenvalue weighted by Crippen LogP contribution is -2.48. The number of aromatic nitrogens is 3. The minimum atomic E-state index is -2.43. The zero-order chi connectivity index (χ0) is 25.0. The number of piperazine rings is 1. The van der Waals surface area contributed by atoms with Crippen molar-refractivity contribution >= 4 is 19.9 Å². The Balaban J connectivity index is 1.35. The van der Waals surface area contributed by atoms with Gasteiger partial charge in [0.25, 0.3) is 0 Å². The number of hydrogen-bond acceptors (Lipinski definition) is 7. The van der Waals surface area contributed by atoms with Gasteiger partial charge in [0.2, 0.25) is 5.91 Å². The average molecular weight is 502 g/mol. The molecule has 2 aliphatic rings. The normalized spacial score (nSPS) is 25.4. The summed E-state index contributed by atoms with van der Waals surface area (Å²) in [7, 11) is -2.43. The number of anilines is 1. The van der Waals surface area contributed by atoms with Gasteiger partial charge in [-0.3, -0.25) is 9.48 Å². The summed E-state index contributed by atoms with van der Waals surface area (Å²) in [6.45, 7) is 8.89. The summed E-state index contributed by atoms with van der Waals surface area (Å²) in [5.74, 6) is 0.394. The molecule has 35 heavy (non-hydrogen) atoms. The summed E-state index contributed by atoms with van der Waals surface area (Å²) in [4.78, 5) is 25.1. The Hall–Kier alpha value is -2.11. The van der Waals surface area contributed by atoms with E-state index < -0.39 is 8.32 Å². The number of benzene rings is 1. The molecule has 0 radical (unpaired) electrons. The molecule has 1 amide bonds. The summed E-state index contributed by atoms with van der Waals surface area (Å²) in [5, 5.41) is 20.5. The quantitative estimate of drug-likeness (QED) is 0.425. The molecule has 1 aromatic heterocycles. The van der Waals surface area contributed by atoms with Crippen molar-refractivity contribution in [3.63, 3.8) is 0 Å². The Morgan fingerprint density at radius 1 is 1.17 bits per heavy atom. The predicted octanol–water partition coefficient (Wildman–Crippen LogP) is 1.74. The van der Waals surface area contributed by atoms with E-state index in [2.05, 4.69) is 34.7 Å². The van der Waals surface area contributed by atoms with Gasteiger partial charge in [0, 0.05) is 50.1 Å². The fourth-order valence-electron chi connectivity index (χ4n) is 5.65. The number of aliphatic hydroxyl groups is 1. The third-order valence-electron chi connectivity index (χ3n) is 7.37. The second-order valence-corrected chi connectivity index (χ2v) is 14.4. The molecule has 0 saturated carbocycles. The van der Waals surface area contributed by atoms with Crippen LogP contribution in [0.2, 0.25) is 18.6 Å². The molecular weight excluding hydrogens is 462 g/mol. The molecule has 2 aliphatic heterocycles. The lowest BCUT2D eigenvalue weighted by atomic mass is 9.95. The standard InChI is InChI=1S/C25H39N5O4Si/c1-18-22(9-6-19-4-7-21(8-5-19)30-14-12-26-16-24(30)32)34-23(25(18)35(2,3)33)10-13-29-17-20(11-15-31)27-28-29/h4-5,7-8,17-18,22-23,25-26,31,33H,6,9-16H2,1-3H3/t18-,22+,23-,25+/m1/s1. The fourth-order valence-corrected chi connectivity index (χ4v) is 8.30. The third-order valence-corrected chi connectivity index (χ3v) is 9.90. The molecule has 192 valence electrons. The summed E-state index contributed by atoms with van der Waals surface area (Å²) >= 11 is 0. The highest BCUT2D eigenvalue weighted by Crippen LogP contribution is 2.45. The van der Waals surface area contributed by atoms with Crippen molar-refractivity contribution in [1.82, 2.24) is 20.3 Å². The zero-order valence-electron chi connectivity index (χ0n) is 21.1. The van der Waals surface area contributed by atoms with Gasteiger partial charge in [-0.25, -0.2) is 0 Å². The van der Waals surface area contributed by atoms with E-state index in [-0.39, 0.29) is 36.2 Å². The monoisotopic (exact) mass is 501 g/mol. The minimum absolute atomic E-state index is 0.00624. The Morgan fingerprint density at radius 3 is 2.63 bits per heavy atom. The summed E-state index contributed by atoms with van der Waals surface area (Å²) in [5.41, 5.74) is 3.13. The first-order chi connectivity index (χ1) is 16.8. The molecule has 4 atom stereocenters. The van der Waals surface area contributed by atoms with E-state index in [1.165, 1.54) is 5.56 Å². The first-order valence-corrected chi connectivity index (χ1v) is 15.8. The van der Waals surface area contributed by atoms with Gasteiger partial charge >= 0.3 is 0 Å². The van der Waals surface area contributed by atoms with Crippen LogP contribution in [-0.4, -0.2) is 77.6 Å². The number of aryl methyl sites for hydroxylation is 2. The molecule has 4 rings (SSSR count). The van der Waals surface area contributed by atoms with Gasteiger partial charge in [-0.2, -0.15) is 0 Å². The number of hydrogen-bond donors (Lipinski definition) is 3. The van der Waals surface area contributed by atoms with Gasteiger partial charge in [-0.05, 0) is 56.0 Å². The maximum atomic E-state index is 12.1. The van der Waals surface area contributed by atoms with Crippen LogP contribution in [0.4, 0.5) is 5.69 Å². The van der Waals surface area contributed by atoms with Crippen LogP contribution in [0.1, 0.15) is 31.0 Å². The number of ether oxygens (including phenoxy) is 1. The largest absolute Gasteiger partial charge is 0.432 e. The number of aliphatic hydroxyl groups excluding tert-OH is 1. The maximum absolute atomic E-state index is 12.1. The van der Waals surface area contributed by atoms with Crippen LogP contribution in [0.25, 0.3) is 0 Å². The molecule has 9 nitrogen and oxygen atoms in total. The molecule has 1 aromatic carbocycles. The Kier molecular flexibility index (Phi) is 8.38. The highest BCUT2D eigenvalue weighted by atomic mass is 28.4. The lowest BCUT2D eigenvalue weighted by molar-refractivity contribution is -0.118. The summed E-state index contributed by atoms with van der Waals surface area (Å²) in [6.07, 6.45) is 5.04. The van der Waals surface area contributed by atoms with Crippen LogP contribution in [-0.2, 0) is 28.9 Å². The van der Waals surface area contributed by atoms with Crippen LogP contribution >= 0.6 is 0 Å². The van der Waals surface area contributed by atoms with Gasteiger partial charge < -0.3 is 24.9 Å². The number of nitrogens with one attached hydrogen (secondary N) is 1. The van der Waals surface area contributed by atoms with Gasteiger partial charge in [0.15, 0.2) is 8.32 Å². The van der Waals surface area contributed by atoms with E-state index in [0.29, 0.717) is 26.1 Å². The van der Waals surface area contributed by atoms with E-state index in [1.807, 2.05) is 36.3 Å². The first-order valence-electron chi connectivity index (χ1n) is 12.7. The van der Waals surface area contributed by atoms with E-state index in [1.54, 1.807) is 4.68 Å². The molecule has 10 heteroatoms. The number of amides is 1. The van der Waals surface area contributed by atoms with Crippen molar-refractivity contribution < 1.29 is 19.4 Å². The second kappa shape index (κ2) is 11.3. The molecule has 0 aliphatic carbocycles. The van der Waals surface area contributed by atoms with Gasteiger partial charge in [0.05, 0.1) is 24.4 Å². The predicted molar refractivity (Wildman–Crippen MR) is 137 cm³/mol. The molecule has 2 fully saturated rings. The van der Waals surface area contributed by atoms with Crippen molar-refractivity contribution in [1.29, 1.82) is 0 Å². The smallest absolute Gasteiger partial charge is 0.240 e. The average Bonchev–Trinajstić information content (AvgIpc) is 3.40. The molecule has 0 bridgehead atoms. The van der Waals surface area contributed by atoms with E-state index in [4.69, 9.17) is 9.84 Å².